The van der Waals surface area contributed by atoms with Crippen molar-refractivity contribution in [3.8, 4) is 5.69 Å². The number of hydrogen-bond acceptors (Lipinski definition) is 4. The second kappa shape index (κ2) is 7.94. The fraction of sp³-hybridized carbons (Fsp3) is 0.217. The molecular weight excluding hydrogens is 378 g/mol. The molecule has 0 fully saturated rings. The second-order valence-electron chi connectivity index (χ2n) is 7.24. The third-order valence-electron chi connectivity index (χ3n) is 5.19. The lowest BCUT2D eigenvalue weighted by Crippen LogP contribution is -2.32. The number of nitrogens with one attached hydrogen (secondary N) is 1. The highest BCUT2D eigenvalue weighted by molar-refractivity contribution is 5.97. The number of carbonyl (C=O) groups is 1. The SMILES string of the molecule is CCn1cc(C(=O)N[C@H](C)c2ccc(-n3ccnc3)cc2)c(=O)c2ccc(C)nc21. The molecule has 0 radical (unpaired) electrons. The molecule has 0 aliphatic rings. The average Bonchev–Trinajstić information content (AvgIpc) is 3.29. The predicted molar refractivity (Wildman–Crippen MR) is 116 cm³/mol. The minimum Gasteiger partial charge on any atom is -0.345 e. The van der Waals surface area contributed by atoms with Crippen LogP contribution in [0.5, 0.6) is 0 Å². The number of aromatic nitrogens is 4. The van der Waals surface area contributed by atoms with Gasteiger partial charge in [0.05, 0.1) is 17.8 Å². The highest BCUT2D eigenvalue weighted by atomic mass is 16.2. The van der Waals surface area contributed by atoms with Crippen LogP contribution in [0.15, 0.2) is 66.1 Å². The van der Waals surface area contributed by atoms with Gasteiger partial charge >= 0.3 is 0 Å². The molecule has 3 aromatic heterocycles. The summed E-state index contributed by atoms with van der Waals surface area (Å²) in [7, 11) is 0. The van der Waals surface area contributed by atoms with Crippen molar-refractivity contribution < 1.29 is 4.79 Å². The van der Waals surface area contributed by atoms with Gasteiger partial charge in [0, 0.05) is 36.5 Å². The molecule has 0 saturated heterocycles. The van der Waals surface area contributed by atoms with Gasteiger partial charge in [0.25, 0.3) is 5.91 Å². The molecule has 152 valence electrons. The Bertz CT molecular complexity index is 1260. The van der Waals surface area contributed by atoms with Gasteiger partial charge in [0.15, 0.2) is 0 Å². The lowest BCUT2D eigenvalue weighted by molar-refractivity contribution is 0.0938. The van der Waals surface area contributed by atoms with Crippen LogP contribution in [0, 0.1) is 6.92 Å². The Kier molecular flexibility index (Phi) is 5.18. The summed E-state index contributed by atoms with van der Waals surface area (Å²) >= 11 is 0. The molecule has 0 aliphatic carbocycles. The number of aryl methyl sites for hydroxylation is 2. The molecule has 4 aromatic rings. The summed E-state index contributed by atoms with van der Waals surface area (Å²) in [6, 6.07) is 11.1. The van der Waals surface area contributed by atoms with Gasteiger partial charge in [-0.15, -0.1) is 0 Å². The van der Waals surface area contributed by atoms with Gasteiger partial charge in [-0.3, -0.25) is 9.59 Å². The number of carbonyl (C=O) groups excluding carboxylic acids is 1. The number of imidazole rings is 1. The molecule has 0 unspecified atom stereocenters. The molecule has 7 nitrogen and oxygen atoms in total. The zero-order valence-corrected chi connectivity index (χ0v) is 17.2. The molecule has 0 spiro atoms. The zero-order valence-electron chi connectivity index (χ0n) is 17.2. The van der Waals surface area contributed by atoms with Crippen LogP contribution in [0.2, 0.25) is 0 Å². The smallest absolute Gasteiger partial charge is 0.257 e. The van der Waals surface area contributed by atoms with Crippen LogP contribution in [-0.2, 0) is 6.54 Å². The number of rotatable bonds is 5. The minimum atomic E-state index is -0.393. The number of benzene rings is 1. The Labute approximate surface area is 174 Å². The van der Waals surface area contributed by atoms with Gasteiger partial charge < -0.3 is 14.5 Å². The summed E-state index contributed by atoms with van der Waals surface area (Å²) in [4.78, 5) is 34.4. The average molecular weight is 401 g/mol. The van der Waals surface area contributed by atoms with E-state index >= 15 is 0 Å². The molecule has 4 rings (SSSR count). The first-order chi connectivity index (χ1) is 14.5. The normalized spacial score (nSPS) is 12.1. The predicted octanol–water partition coefficient (Wildman–Crippen LogP) is 3.40. The Morgan fingerprint density at radius 1 is 1.17 bits per heavy atom. The Balaban J connectivity index is 1.60. The van der Waals surface area contributed by atoms with E-state index in [2.05, 4.69) is 15.3 Å². The third kappa shape index (κ3) is 3.61. The lowest BCUT2D eigenvalue weighted by atomic mass is 10.1. The Hall–Kier alpha value is -3.74. The van der Waals surface area contributed by atoms with Crippen LogP contribution in [0.3, 0.4) is 0 Å². The van der Waals surface area contributed by atoms with E-state index in [1.54, 1.807) is 30.9 Å². The maximum atomic E-state index is 12.9. The van der Waals surface area contributed by atoms with Gasteiger partial charge in [-0.1, -0.05) is 12.1 Å². The largest absolute Gasteiger partial charge is 0.345 e. The first kappa shape index (κ1) is 19.6. The fourth-order valence-electron chi connectivity index (χ4n) is 3.47. The van der Waals surface area contributed by atoms with Crippen molar-refractivity contribution in [1.29, 1.82) is 0 Å². The monoisotopic (exact) mass is 401 g/mol. The first-order valence-electron chi connectivity index (χ1n) is 9.88. The van der Waals surface area contributed by atoms with E-state index in [1.165, 1.54) is 0 Å². The van der Waals surface area contributed by atoms with Gasteiger partial charge in [0.2, 0.25) is 5.43 Å². The summed E-state index contributed by atoms with van der Waals surface area (Å²) in [6.45, 7) is 6.34. The van der Waals surface area contributed by atoms with Gasteiger partial charge in [-0.25, -0.2) is 9.97 Å². The summed E-state index contributed by atoms with van der Waals surface area (Å²) in [6.07, 6.45) is 6.92. The van der Waals surface area contributed by atoms with E-state index in [9.17, 15) is 9.59 Å². The number of hydrogen-bond donors (Lipinski definition) is 1. The Morgan fingerprint density at radius 2 is 1.93 bits per heavy atom. The molecule has 0 saturated carbocycles. The van der Waals surface area contributed by atoms with Gasteiger partial charge in [0.1, 0.15) is 11.2 Å². The summed E-state index contributed by atoms with van der Waals surface area (Å²) in [5, 5.41) is 3.39. The molecule has 1 amide bonds. The fourth-order valence-corrected chi connectivity index (χ4v) is 3.47. The van der Waals surface area contributed by atoms with Crippen molar-refractivity contribution in [2.75, 3.05) is 0 Å². The van der Waals surface area contributed by atoms with Crippen LogP contribution < -0.4 is 10.7 Å². The van der Waals surface area contributed by atoms with Crippen molar-refractivity contribution in [2.24, 2.45) is 0 Å². The topological polar surface area (TPSA) is 81.8 Å². The quantitative estimate of drug-likeness (QED) is 0.556. The van der Waals surface area contributed by atoms with Crippen LogP contribution in [0.25, 0.3) is 16.7 Å². The zero-order chi connectivity index (χ0) is 21.3. The molecule has 0 aliphatic heterocycles. The van der Waals surface area contributed by atoms with E-state index in [4.69, 9.17) is 0 Å². The van der Waals surface area contributed by atoms with E-state index < -0.39 is 5.91 Å². The van der Waals surface area contributed by atoms with Crippen molar-refractivity contribution in [3.05, 3.63) is 88.4 Å². The number of pyridine rings is 2. The van der Waals surface area contributed by atoms with Crippen LogP contribution in [0.1, 0.15) is 41.5 Å². The number of nitrogens with zero attached hydrogens (tertiary/aromatic N) is 4. The lowest BCUT2D eigenvalue weighted by Gasteiger charge is -2.16. The highest BCUT2D eigenvalue weighted by Crippen LogP contribution is 2.17. The second-order valence-corrected chi connectivity index (χ2v) is 7.24. The van der Waals surface area contributed by atoms with E-state index in [1.807, 2.05) is 60.4 Å². The molecule has 1 aromatic carbocycles. The molecule has 30 heavy (non-hydrogen) atoms. The first-order valence-corrected chi connectivity index (χ1v) is 9.88. The van der Waals surface area contributed by atoms with Gasteiger partial charge in [-0.2, -0.15) is 0 Å². The molecule has 3 heterocycles. The molecular formula is C23H23N5O2. The number of amides is 1. The van der Waals surface area contributed by atoms with E-state index in [0.717, 1.165) is 16.9 Å². The molecule has 7 heteroatoms. The standard InChI is InChI=1S/C23H23N5O2/c1-4-27-13-20(21(29)19-10-5-15(2)25-22(19)27)23(30)26-16(3)17-6-8-18(9-7-17)28-12-11-24-14-28/h5-14,16H,4H2,1-3H3,(H,26,30)/t16-/m1/s1. The van der Waals surface area contributed by atoms with E-state index in [-0.39, 0.29) is 17.0 Å². The van der Waals surface area contributed by atoms with Crippen LogP contribution >= 0.6 is 0 Å². The maximum absolute atomic E-state index is 12.9. The third-order valence-corrected chi connectivity index (χ3v) is 5.19. The maximum Gasteiger partial charge on any atom is 0.257 e. The summed E-state index contributed by atoms with van der Waals surface area (Å²) < 4.78 is 3.74. The van der Waals surface area contributed by atoms with Crippen molar-refractivity contribution >= 4 is 16.9 Å². The molecule has 0 bridgehead atoms. The van der Waals surface area contributed by atoms with Crippen LogP contribution in [-0.4, -0.2) is 25.0 Å². The van der Waals surface area contributed by atoms with Gasteiger partial charge in [-0.05, 0) is 50.6 Å². The van der Waals surface area contributed by atoms with Crippen molar-refractivity contribution in [3.63, 3.8) is 0 Å². The number of fused-ring (bicyclic) bond motifs is 1. The summed E-state index contributed by atoms with van der Waals surface area (Å²) in [5.41, 5.74) is 3.18. The van der Waals surface area contributed by atoms with Crippen molar-refractivity contribution in [1.82, 2.24) is 24.4 Å². The minimum absolute atomic E-state index is 0.122. The highest BCUT2D eigenvalue weighted by Gasteiger charge is 2.18. The summed E-state index contributed by atoms with van der Waals surface area (Å²) in [5.74, 6) is -0.393. The van der Waals surface area contributed by atoms with Crippen LogP contribution in [0.4, 0.5) is 0 Å². The Morgan fingerprint density at radius 3 is 2.60 bits per heavy atom. The van der Waals surface area contributed by atoms with Crippen molar-refractivity contribution in [2.45, 2.75) is 33.4 Å². The molecule has 1 atom stereocenters. The molecule has 1 N–H and O–H groups in total. The van der Waals surface area contributed by atoms with E-state index in [0.29, 0.717) is 17.6 Å².